The van der Waals surface area contributed by atoms with Crippen LogP contribution in [0.15, 0.2) is 0 Å². The number of aliphatic hydroxyl groups excluding tert-OH is 1. The highest BCUT2D eigenvalue weighted by Gasteiger charge is 2.33. The van der Waals surface area contributed by atoms with Crippen molar-refractivity contribution in [1.82, 2.24) is 20.6 Å². The minimum absolute atomic E-state index is 0.0537. The molecule has 14 heteroatoms. The summed E-state index contributed by atoms with van der Waals surface area (Å²) in [6.07, 6.45) is -0.714. The van der Waals surface area contributed by atoms with E-state index in [9.17, 15) is 28.7 Å². The van der Waals surface area contributed by atoms with E-state index in [2.05, 4.69) is 16.0 Å². The van der Waals surface area contributed by atoms with Gasteiger partial charge in [0.2, 0.25) is 5.91 Å². The van der Waals surface area contributed by atoms with Crippen molar-refractivity contribution in [1.29, 1.82) is 0 Å². The molecular weight excluding hydrogens is 387 g/mol. The van der Waals surface area contributed by atoms with E-state index in [1.807, 2.05) is 0 Å². The highest BCUT2D eigenvalue weighted by Crippen LogP contribution is 2.40. The Morgan fingerprint density at radius 2 is 1.59 bits per heavy atom. The van der Waals surface area contributed by atoms with Gasteiger partial charge in [0, 0.05) is 39.3 Å². The van der Waals surface area contributed by atoms with E-state index >= 15 is 0 Å². The molecule has 27 heavy (non-hydrogen) atoms. The number of carbonyl (C=O) groups is 3. The molecule has 0 aliphatic carbocycles. The molecule has 0 aliphatic heterocycles. The molecule has 0 radical (unpaired) electrons. The van der Waals surface area contributed by atoms with Crippen LogP contribution in [0.2, 0.25) is 0 Å². The summed E-state index contributed by atoms with van der Waals surface area (Å²) < 4.78 is 11.6. The van der Waals surface area contributed by atoms with Gasteiger partial charge in [-0.3, -0.25) is 14.4 Å². The van der Waals surface area contributed by atoms with Crippen molar-refractivity contribution in [3.8, 4) is 0 Å². The van der Waals surface area contributed by atoms with Crippen molar-refractivity contribution in [2.75, 3.05) is 45.9 Å². The molecule has 0 bridgehead atoms. The molecule has 0 heterocycles. The van der Waals surface area contributed by atoms with Gasteiger partial charge in [0.25, 0.3) is 0 Å². The first-order valence-electron chi connectivity index (χ1n) is 8.16. The van der Waals surface area contributed by atoms with Crippen molar-refractivity contribution < 1.29 is 44.1 Å². The lowest BCUT2D eigenvalue weighted by atomic mass is 10.2. The Kier molecular flexibility index (Phi) is 12.7. The number of aliphatic carboxylic acids is 2. The number of hydrogen-bond acceptors (Lipinski definition) is 8. The quantitative estimate of drug-likeness (QED) is 0.0938. The first-order valence-corrected chi connectivity index (χ1v) is 9.72. The van der Waals surface area contributed by atoms with Gasteiger partial charge in [-0.15, -0.1) is 0 Å². The molecule has 0 saturated heterocycles. The van der Waals surface area contributed by atoms with Gasteiger partial charge < -0.3 is 41.1 Å². The molecule has 8 N–H and O–H groups in total. The zero-order valence-electron chi connectivity index (χ0n) is 14.7. The van der Waals surface area contributed by atoms with Gasteiger partial charge in [-0.1, -0.05) is 0 Å². The Bertz CT molecular complexity index is 528. The van der Waals surface area contributed by atoms with Crippen LogP contribution in [-0.2, 0) is 18.9 Å². The van der Waals surface area contributed by atoms with Crippen molar-refractivity contribution in [3.05, 3.63) is 0 Å². The molecule has 158 valence electrons. The van der Waals surface area contributed by atoms with Gasteiger partial charge in [-0.2, -0.15) is 0 Å². The summed E-state index contributed by atoms with van der Waals surface area (Å²) in [4.78, 5) is 52.0. The number of hydrogen-bond donors (Lipinski definition) is 8. The maximum Gasteiger partial charge on any atom is 0.432 e. The van der Waals surface area contributed by atoms with Gasteiger partial charge in [-0.25, -0.2) is 9.24 Å². The van der Waals surface area contributed by atoms with Crippen LogP contribution in [0.25, 0.3) is 0 Å². The second kappa shape index (κ2) is 13.6. The predicted octanol–water partition coefficient (Wildman–Crippen LogP) is -3.01. The van der Waals surface area contributed by atoms with Crippen LogP contribution in [0.1, 0.15) is 12.8 Å². The fraction of sp³-hybridized carbons (Fsp3) is 0.769. The molecule has 0 fully saturated rings. The number of nitrogens with zero attached hydrogens (tertiary/aromatic N) is 1. The molecule has 0 aromatic heterocycles. The fourth-order valence-electron chi connectivity index (χ4n) is 1.98. The Morgan fingerprint density at radius 3 is 2.11 bits per heavy atom. The smallest absolute Gasteiger partial charge is 0.432 e. The van der Waals surface area contributed by atoms with Crippen LogP contribution >= 0.6 is 7.75 Å². The molecule has 0 spiro atoms. The fourth-order valence-corrected chi connectivity index (χ4v) is 2.75. The summed E-state index contributed by atoms with van der Waals surface area (Å²) in [5.41, 5.74) is 0. The molecule has 1 amide bonds. The number of amides is 1. The number of aliphatic hydroxyl groups is 1. The topological polar surface area (TPSA) is 209 Å². The van der Waals surface area contributed by atoms with E-state index in [0.717, 1.165) is 0 Å². The number of nitrogens with one attached hydrogen (secondary N) is 3. The molecule has 0 rings (SSSR count). The minimum atomic E-state index is -4.91. The van der Waals surface area contributed by atoms with E-state index in [1.54, 1.807) is 0 Å². The van der Waals surface area contributed by atoms with Crippen molar-refractivity contribution in [3.63, 3.8) is 0 Å². The van der Waals surface area contributed by atoms with Crippen LogP contribution < -0.4 is 16.0 Å². The van der Waals surface area contributed by atoms with E-state index in [4.69, 9.17) is 15.3 Å². The second-order valence-electron chi connectivity index (χ2n) is 5.48. The van der Waals surface area contributed by atoms with Crippen molar-refractivity contribution in [2.24, 2.45) is 0 Å². The maximum atomic E-state index is 12.0. The third-order valence-electron chi connectivity index (χ3n) is 3.25. The minimum Gasteiger partial charge on any atom is -0.480 e. The van der Waals surface area contributed by atoms with Crippen molar-refractivity contribution >= 4 is 25.6 Å². The molecule has 13 nitrogen and oxygen atoms in total. The Morgan fingerprint density at radius 1 is 1.00 bits per heavy atom. The van der Waals surface area contributed by atoms with Crippen LogP contribution in [-0.4, -0.2) is 99.5 Å². The SMILES string of the molecule is O=C(O)CNCCNCCNC(CC(=O)N(CCCO)P(=O)(O)O)C(=O)O. The third kappa shape index (κ3) is 12.4. The van der Waals surface area contributed by atoms with Gasteiger partial charge in [-0.05, 0) is 6.42 Å². The number of carboxylic acid groups (broad SMARTS) is 2. The summed E-state index contributed by atoms with van der Waals surface area (Å²) in [6, 6.07) is -1.34. The van der Waals surface area contributed by atoms with Gasteiger partial charge >= 0.3 is 19.7 Å². The Labute approximate surface area is 156 Å². The zero-order chi connectivity index (χ0) is 20.9. The normalized spacial score (nSPS) is 12.6. The predicted molar refractivity (Wildman–Crippen MR) is 92.9 cm³/mol. The highest BCUT2D eigenvalue weighted by atomic mass is 31.2. The summed E-state index contributed by atoms with van der Waals surface area (Å²) >= 11 is 0. The molecule has 1 atom stereocenters. The second-order valence-corrected chi connectivity index (χ2v) is 6.99. The summed E-state index contributed by atoms with van der Waals surface area (Å²) in [7, 11) is -4.91. The Hall–Kier alpha value is -1.60. The lowest BCUT2D eigenvalue weighted by Crippen LogP contribution is -2.44. The monoisotopic (exact) mass is 414 g/mol. The molecule has 1 unspecified atom stereocenters. The molecule has 0 aliphatic rings. The van der Waals surface area contributed by atoms with E-state index < -0.39 is 44.6 Å². The largest absolute Gasteiger partial charge is 0.480 e. The summed E-state index contributed by atoms with van der Waals surface area (Å²) in [5.74, 6) is -3.37. The molecule has 0 aromatic rings. The van der Waals surface area contributed by atoms with Crippen LogP contribution in [0.3, 0.4) is 0 Å². The molecular formula is C13H27N4O9P. The van der Waals surface area contributed by atoms with Crippen LogP contribution in [0, 0.1) is 0 Å². The van der Waals surface area contributed by atoms with E-state index in [-0.39, 0.29) is 30.8 Å². The van der Waals surface area contributed by atoms with Gasteiger partial charge in [0.1, 0.15) is 6.04 Å². The van der Waals surface area contributed by atoms with Crippen LogP contribution in [0.4, 0.5) is 0 Å². The maximum absolute atomic E-state index is 12.0. The summed E-state index contributed by atoms with van der Waals surface area (Å²) in [5, 5.41) is 34.5. The average Bonchev–Trinajstić information content (AvgIpc) is 2.54. The first-order chi connectivity index (χ1) is 12.6. The lowest BCUT2D eigenvalue weighted by Gasteiger charge is -2.24. The number of rotatable bonds is 16. The van der Waals surface area contributed by atoms with E-state index in [1.165, 1.54) is 0 Å². The van der Waals surface area contributed by atoms with Crippen LogP contribution in [0.5, 0.6) is 0 Å². The van der Waals surface area contributed by atoms with Gasteiger partial charge in [0.05, 0.1) is 13.0 Å². The first kappa shape index (κ1) is 25.4. The average molecular weight is 414 g/mol. The highest BCUT2D eigenvalue weighted by molar-refractivity contribution is 7.49. The van der Waals surface area contributed by atoms with E-state index in [0.29, 0.717) is 19.6 Å². The van der Waals surface area contributed by atoms with Gasteiger partial charge in [0.15, 0.2) is 0 Å². The zero-order valence-corrected chi connectivity index (χ0v) is 15.6. The number of carboxylic acids is 2. The summed E-state index contributed by atoms with van der Waals surface area (Å²) in [6.45, 7) is 0.396. The lowest BCUT2D eigenvalue weighted by molar-refractivity contribution is -0.142. The third-order valence-corrected chi connectivity index (χ3v) is 4.31. The standard InChI is InChI=1S/C13H27N4O9P/c18-7-1-6-17(27(24,25)26)11(19)8-10(13(22)23)16-5-4-14-2-3-15-9-12(20)21/h10,14-16,18H,1-9H2,(H,20,21)(H,22,23)(H2,24,25,26). The Balaban J connectivity index is 4.35. The number of carbonyl (C=O) groups excluding carboxylic acids is 1. The molecule has 0 saturated carbocycles. The van der Waals surface area contributed by atoms with Crippen molar-refractivity contribution in [2.45, 2.75) is 18.9 Å². The molecule has 0 aromatic carbocycles.